The summed E-state index contributed by atoms with van der Waals surface area (Å²) in [4.78, 5) is 24.9. The number of rotatable bonds is 9. The van der Waals surface area contributed by atoms with Gasteiger partial charge in [-0.25, -0.2) is 10.2 Å². The van der Waals surface area contributed by atoms with Crippen LogP contribution in [0.3, 0.4) is 0 Å². The zero-order valence-corrected chi connectivity index (χ0v) is 21.1. The predicted molar refractivity (Wildman–Crippen MR) is 144 cm³/mol. The first-order chi connectivity index (χ1) is 17.9. The van der Waals surface area contributed by atoms with Crippen molar-refractivity contribution in [2.75, 3.05) is 6.61 Å². The van der Waals surface area contributed by atoms with Crippen LogP contribution in [-0.4, -0.2) is 30.8 Å². The molecule has 37 heavy (non-hydrogen) atoms. The molecule has 0 radical (unpaired) electrons. The molecule has 0 bridgehead atoms. The lowest BCUT2D eigenvalue weighted by molar-refractivity contribution is -0.127. The van der Waals surface area contributed by atoms with Gasteiger partial charge in [-0.05, 0) is 84.8 Å². The summed E-state index contributed by atoms with van der Waals surface area (Å²) in [5.74, 6) is 0.290. The van der Waals surface area contributed by atoms with Crippen LogP contribution < -0.4 is 19.6 Å². The highest BCUT2D eigenvalue weighted by molar-refractivity contribution is 6.30. The van der Waals surface area contributed by atoms with Crippen molar-refractivity contribution in [3.05, 3.63) is 101 Å². The molecule has 0 fully saturated rings. The third kappa shape index (κ3) is 6.86. The number of benzene rings is 4. The first kappa shape index (κ1) is 25.7. The van der Waals surface area contributed by atoms with Gasteiger partial charge in [0.15, 0.2) is 17.6 Å². The molecule has 4 rings (SSSR count). The summed E-state index contributed by atoms with van der Waals surface area (Å²) in [5.41, 5.74) is 3.48. The molecule has 0 aliphatic rings. The van der Waals surface area contributed by atoms with Crippen molar-refractivity contribution in [2.45, 2.75) is 20.0 Å². The number of esters is 1. The second-order valence-electron chi connectivity index (χ2n) is 8.04. The highest BCUT2D eigenvalue weighted by Crippen LogP contribution is 2.29. The van der Waals surface area contributed by atoms with Gasteiger partial charge >= 0.3 is 5.97 Å². The van der Waals surface area contributed by atoms with E-state index in [0.717, 1.165) is 10.8 Å². The normalized spacial score (nSPS) is 11.8. The van der Waals surface area contributed by atoms with E-state index in [1.165, 1.54) is 6.21 Å². The lowest BCUT2D eigenvalue weighted by Gasteiger charge is -2.13. The molecule has 1 N–H and O–H groups in total. The summed E-state index contributed by atoms with van der Waals surface area (Å²) in [5, 5.41) is 6.66. The molecule has 1 atom stereocenters. The lowest BCUT2D eigenvalue weighted by Crippen LogP contribution is -2.33. The fourth-order valence-corrected chi connectivity index (χ4v) is 3.59. The average molecular weight is 517 g/mol. The number of carbonyl (C=O) groups excluding carboxylic acids is 2. The molecular weight excluding hydrogens is 492 g/mol. The number of halogens is 1. The molecule has 0 saturated heterocycles. The van der Waals surface area contributed by atoms with E-state index in [4.69, 9.17) is 25.8 Å². The van der Waals surface area contributed by atoms with Crippen LogP contribution in [0.4, 0.5) is 0 Å². The van der Waals surface area contributed by atoms with Gasteiger partial charge in [0.05, 0.1) is 18.4 Å². The standard InChI is InChI=1S/C29H25ClN2O5/c1-3-35-27-16-20(8-15-26(27)37-29(34)22-9-12-24(30)13-10-22)18-31-32-28(33)19(2)36-25-14-11-21-6-4-5-7-23(21)17-25/h4-19H,3H2,1-2H3,(H,32,33)/b31-18-/t19-/m1/s1. The largest absolute Gasteiger partial charge is 0.490 e. The molecule has 7 nitrogen and oxygen atoms in total. The molecule has 0 aromatic heterocycles. The second-order valence-corrected chi connectivity index (χ2v) is 8.48. The summed E-state index contributed by atoms with van der Waals surface area (Å²) in [6.07, 6.45) is 0.709. The minimum atomic E-state index is -0.757. The minimum absolute atomic E-state index is 0.264. The van der Waals surface area contributed by atoms with Crippen LogP contribution in [-0.2, 0) is 4.79 Å². The van der Waals surface area contributed by atoms with Crippen LogP contribution >= 0.6 is 11.6 Å². The summed E-state index contributed by atoms with van der Waals surface area (Å²) in [7, 11) is 0. The van der Waals surface area contributed by atoms with Crippen LogP contribution in [0.2, 0.25) is 5.02 Å². The maximum absolute atomic E-state index is 12.5. The maximum Gasteiger partial charge on any atom is 0.343 e. The minimum Gasteiger partial charge on any atom is -0.490 e. The summed E-state index contributed by atoms with van der Waals surface area (Å²) >= 11 is 5.88. The number of amides is 1. The van der Waals surface area contributed by atoms with Gasteiger partial charge in [0.1, 0.15) is 5.75 Å². The number of carbonyl (C=O) groups is 2. The van der Waals surface area contributed by atoms with E-state index in [1.54, 1.807) is 49.4 Å². The van der Waals surface area contributed by atoms with Gasteiger partial charge < -0.3 is 14.2 Å². The maximum atomic E-state index is 12.5. The average Bonchev–Trinajstić information content (AvgIpc) is 2.90. The number of hydrazone groups is 1. The third-order valence-corrected chi connectivity index (χ3v) is 5.59. The summed E-state index contributed by atoms with van der Waals surface area (Å²) < 4.78 is 16.9. The Kier molecular flexibility index (Phi) is 8.38. The van der Waals surface area contributed by atoms with Gasteiger partial charge in [-0.3, -0.25) is 4.79 Å². The highest BCUT2D eigenvalue weighted by Gasteiger charge is 2.15. The Labute approximate surface area is 219 Å². The Hall–Kier alpha value is -4.36. The summed E-state index contributed by atoms with van der Waals surface area (Å²) in [6.45, 7) is 3.84. The molecule has 0 aliphatic carbocycles. The van der Waals surface area contributed by atoms with E-state index in [9.17, 15) is 9.59 Å². The monoisotopic (exact) mass is 516 g/mol. The zero-order chi connectivity index (χ0) is 26.2. The molecule has 0 saturated carbocycles. The van der Waals surface area contributed by atoms with E-state index in [0.29, 0.717) is 34.3 Å². The topological polar surface area (TPSA) is 86.2 Å². The Morgan fingerprint density at radius 3 is 2.46 bits per heavy atom. The molecular formula is C29H25ClN2O5. The fraction of sp³-hybridized carbons (Fsp3) is 0.138. The van der Waals surface area contributed by atoms with Crippen molar-refractivity contribution in [1.29, 1.82) is 0 Å². The van der Waals surface area contributed by atoms with E-state index in [1.807, 2.05) is 49.4 Å². The molecule has 8 heteroatoms. The van der Waals surface area contributed by atoms with E-state index < -0.39 is 18.0 Å². The molecule has 188 valence electrons. The number of ether oxygens (including phenoxy) is 3. The lowest BCUT2D eigenvalue weighted by atomic mass is 10.1. The number of hydrogen-bond donors (Lipinski definition) is 1. The molecule has 1 amide bonds. The third-order valence-electron chi connectivity index (χ3n) is 5.34. The van der Waals surface area contributed by atoms with Gasteiger partial charge in [-0.15, -0.1) is 0 Å². The van der Waals surface area contributed by atoms with E-state index in [-0.39, 0.29) is 5.75 Å². The van der Waals surface area contributed by atoms with Crippen molar-refractivity contribution < 1.29 is 23.8 Å². The van der Waals surface area contributed by atoms with Gasteiger partial charge in [-0.1, -0.05) is 41.9 Å². The second kappa shape index (κ2) is 12.1. The van der Waals surface area contributed by atoms with Crippen LogP contribution in [0, 0.1) is 0 Å². The van der Waals surface area contributed by atoms with E-state index in [2.05, 4.69) is 10.5 Å². The van der Waals surface area contributed by atoms with Crippen LogP contribution in [0.1, 0.15) is 29.8 Å². The van der Waals surface area contributed by atoms with Crippen molar-refractivity contribution in [3.63, 3.8) is 0 Å². The number of nitrogens with zero attached hydrogens (tertiary/aromatic N) is 1. The molecule has 0 spiro atoms. The number of nitrogens with one attached hydrogen (secondary N) is 1. The summed E-state index contributed by atoms with van der Waals surface area (Å²) in [6, 6.07) is 24.9. The van der Waals surface area contributed by atoms with Crippen molar-refractivity contribution >= 4 is 40.5 Å². The first-order valence-electron chi connectivity index (χ1n) is 11.7. The number of fused-ring (bicyclic) bond motifs is 1. The zero-order valence-electron chi connectivity index (χ0n) is 20.3. The molecule has 4 aromatic carbocycles. The van der Waals surface area contributed by atoms with Gasteiger partial charge in [-0.2, -0.15) is 5.10 Å². The van der Waals surface area contributed by atoms with Crippen LogP contribution in [0.25, 0.3) is 10.8 Å². The SMILES string of the molecule is CCOc1cc(/C=N\NC(=O)[C@@H](C)Oc2ccc3ccccc3c2)ccc1OC(=O)c1ccc(Cl)cc1. The van der Waals surface area contributed by atoms with Crippen molar-refractivity contribution in [1.82, 2.24) is 5.43 Å². The molecule has 0 unspecified atom stereocenters. The Morgan fingerprint density at radius 2 is 1.70 bits per heavy atom. The fourth-order valence-electron chi connectivity index (χ4n) is 3.46. The smallest absolute Gasteiger partial charge is 0.343 e. The molecule has 4 aromatic rings. The van der Waals surface area contributed by atoms with Crippen molar-refractivity contribution in [2.24, 2.45) is 5.10 Å². The van der Waals surface area contributed by atoms with Gasteiger partial charge in [0, 0.05) is 5.02 Å². The molecule has 0 aliphatic heterocycles. The Balaban J connectivity index is 1.37. The van der Waals surface area contributed by atoms with Crippen molar-refractivity contribution in [3.8, 4) is 17.2 Å². The number of hydrogen-bond acceptors (Lipinski definition) is 6. The Morgan fingerprint density at radius 1 is 0.946 bits per heavy atom. The quantitative estimate of drug-likeness (QED) is 0.127. The molecule has 0 heterocycles. The van der Waals surface area contributed by atoms with Gasteiger partial charge in [0.25, 0.3) is 5.91 Å². The Bertz CT molecular complexity index is 1440. The predicted octanol–water partition coefficient (Wildman–Crippen LogP) is 6.03. The van der Waals surface area contributed by atoms with Crippen LogP contribution in [0.15, 0.2) is 90.0 Å². The van der Waals surface area contributed by atoms with Crippen LogP contribution in [0.5, 0.6) is 17.2 Å². The van der Waals surface area contributed by atoms with E-state index >= 15 is 0 Å². The highest BCUT2D eigenvalue weighted by atomic mass is 35.5. The first-order valence-corrected chi connectivity index (χ1v) is 12.0. The van der Waals surface area contributed by atoms with Gasteiger partial charge in [0.2, 0.25) is 0 Å².